The van der Waals surface area contributed by atoms with E-state index >= 15 is 0 Å². The Morgan fingerprint density at radius 2 is 2.24 bits per heavy atom. The molecule has 0 bridgehead atoms. The van der Waals surface area contributed by atoms with Crippen LogP contribution in [0.5, 0.6) is 0 Å². The van der Waals surface area contributed by atoms with Gasteiger partial charge in [-0.15, -0.1) is 0 Å². The highest BCUT2D eigenvalue weighted by Gasteiger charge is 2.17. The first kappa shape index (κ1) is 15.7. The zero-order valence-electron chi connectivity index (χ0n) is 11.8. The highest BCUT2D eigenvalue weighted by molar-refractivity contribution is 9.10. The summed E-state index contributed by atoms with van der Waals surface area (Å²) in [5.74, 6) is -0.512. The Hall–Kier alpha value is -1.67. The molecule has 2 rings (SSSR count). The molecule has 110 valence electrons. The third-order valence-corrected chi connectivity index (χ3v) is 4.26. The zero-order chi connectivity index (χ0) is 15.4. The lowest BCUT2D eigenvalue weighted by molar-refractivity contribution is -0.108. The van der Waals surface area contributed by atoms with Crippen LogP contribution in [0.15, 0.2) is 22.8 Å². The van der Waals surface area contributed by atoms with Gasteiger partial charge in [0.1, 0.15) is 18.2 Å². The van der Waals surface area contributed by atoms with Crippen molar-refractivity contribution < 1.29 is 9.18 Å². The van der Waals surface area contributed by atoms with Crippen molar-refractivity contribution in [1.29, 1.82) is 5.26 Å². The predicted octanol–water partition coefficient (Wildman–Crippen LogP) is 4.73. The van der Waals surface area contributed by atoms with Gasteiger partial charge in [0.25, 0.3) is 0 Å². The van der Waals surface area contributed by atoms with Crippen LogP contribution in [0.25, 0.3) is 10.9 Å². The smallest absolute Gasteiger partial charge is 0.143 e. The molecule has 21 heavy (non-hydrogen) atoms. The number of halogens is 2. The summed E-state index contributed by atoms with van der Waals surface area (Å²) in [6, 6.07) is 4.98. The van der Waals surface area contributed by atoms with Gasteiger partial charge < -0.3 is 9.36 Å². The van der Waals surface area contributed by atoms with Gasteiger partial charge in [-0.05, 0) is 40.9 Å². The summed E-state index contributed by atoms with van der Waals surface area (Å²) in [4.78, 5) is 10.6. The summed E-state index contributed by atoms with van der Waals surface area (Å²) in [5.41, 5.74) is 0.795. The van der Waals surface area contributed by atoms with Crippen molar-refractivity contribution in [2.45, 2.75) is 38.6 Å². The molecule has 0 saturated carbocycles. The Morgan fingerprint density at radius 1 is 1.48 bits per heavy atom. The summed E-state index contributed by atoms with van der Waals surface area (Å²) in [5, 5.41) is 9.75. The van der Waals surface area contributed by atoms with Crippen LogP contribution < -0.4 is 0 Å². The van der Waals surface area contributed by atoms with Gasteiger partial charge in [-0.3, -0.25) is 0 Å². The third kappa shape index (κ3) is 3.16. The standard InChI is InChI=1S/C16H16BrFN2O/c1-2-4-12(5-3-6-21)20-10-14(17)13-7-11(9-19)15(18)8-16(13)20/h6-8,10,12H,2-5H2,1H3. The van der Waals surface area contributed by atoms with Gasteiger partial charge in [0, 0.05) is 28.5 Å². The summed E-state index contributed by atoms with van der Waals surface area (Å²) in [6.07, 6.45) is 5.95. The van der Waals surface area contributed by atoms with Gasteiger partial charge in [-0.2, -0.15) is 5.26 Å². The number of hydrogen-bond donors (Lipinski definition) is 0. The van der Waals surface area contributed by atoms with Crippen molar-refractivity contribution in [2.24, 2.45) is 0 Å². The van der Waals surface area contributed by atoms with Crippen molar-refractivity contribution in [3.63, 3.8) is 0 Å². The van der Waals surface area contributed by atoms with Gasteiger partial charge in [0.15, 0.2) is 0 Å². The van der Waals surface area contributed by atoms with E-state index in [1.54, 1.807) is 6.07 Å². The molecule has 1 aromatic heterocycles. The molecule has 3 nitrogen and oxygen atoms in total. The first-order chi connectivity index (χ1) is 10.1. The second-order valence-electron chi connectivity index (χ2n) is 5.03. The second-order valence-corrected chi connectivity index (χ2v) is 5.89. The van der Waals surface area contributed by atoms with Crippen molar-refractivity contribution in [1.82, 2.24) is 4.57 Å². The molecule has 0 aliphatic carbocycles. The Balaban J connectivity index is 2.55. The second kappa shape index (κ2) is 6.86. The predicted molar refractivity (Wildman–Crippen MR) is 83.6 cm³/mol. The van der Waals surface area contributed by atoms with Crippen LogP contribution in [0, 0.1) is 17.1 Å². The van der Waals surface area contributed by atoms with E-state index in [2.05, 4.69) is 22.9 Å². The molecule has 0 fully saturated rings. The van der Waals surface area contributed by atoms with E-state index in [1.165, 1.54) is 6.07 Å². The number of carbonyl (C=O) groups is 1. The Kier molecular flexibility index (Phi) is 5.13. The van der Waals surface area contributed by atoms with Crippen molar-refractivity contribution in [2.75, 3.05) is 0 Å². The minimum Gasteiger partial charge on any atom is -0.343 e. The van der Waals surface area contributed by atoms with E-state index in [4.69, 9.17) is 5.26 Å². The average molecular weight is 351 g/mol. The fourth-order valence-electron chi connectivity index (χ4n) is 2.63. The summed E-state index contributed by atoms with van der Waals surface area (Å²) in [7, 11) is 0. The highest BCUT2D eigenvalue weighted by Crippen LogP contribution is 2.33. The molecule has 0 radical (unpaired) electrons. The lowest BCUT2D eigenvalue weighted by Gasteiger charge is -2.18. The number of aldehydes is 1. The van der Waals surface area contributed by atoms with Gasteiger partial charge in [0.05, 0.1) is 11.1 Å². The molecular formula is C16H16BrFN2O. The van der Waals surface area contributed by atoms with Gasteiger partial charge >= 0.3 is 0 Å². The first-order valence-corrected chi connectivity index (χ1v) is 7.75. The molecule has 1 atom stereocenters. The maximum Gasteiger partial charge on any atom is 0.143 e. The number of aromatic nitrogens is 1. The average Bonchev–Trinajstić information content (AvgIpc) is 2.79. The van der Waals surface area contributed by atoms with E-state index in [9.17, 15) is 9.18 Å². The molecule has 5 heteroatoms. The van der Waals surface area contributed by atoms with Crippen LogP contribution in [0.2, 0.25) is 0 Å². The maximum atomic E-state index is 13.9. The Bertz CT molecular complexity index is 702. The Labute approximate surface area is 131 Å². The fourth-order valence-corrected chi connectivity index (χ4v) is 3.17. The number of rotatable bonds is 6. The topological polar surface area (TPSA) is 45.8 Å². The molecular weight excluding hydrogens is 335 g/mol. The van der Waals surface area contributed by atoms with Gasteiger partial charge in [0.2, 0.25) is 0 Å². The van der Waals surface area contributed by atoms with E-state index in [0.717, 1.165) is 40.9 Å². The third-order valence-electron chi connectivity index (χ3n) is 3.63. The molecule has 1 unspecified atom stereocenters. The van der Waals surface area contributed by atoms with Crippen molar-refractivity contribution in [3.05, 3.63) is 34.2 Å². The monoisotopic (exact) mass is 350 g/mol. The van der Waals surface area contributed by atoms with E-state index in [-0.39, 0.29) is 11.6 Å². The number of fused-ring (bicyclic) bond motifs is 1. The lowest BCUT2D eigenvalue weighted by atomic mass is 10.1. The van der Waals surface area contributed by atoms with E-state index in [0.29, 0.717) is 6.42 Å². The van der Waals surface area contributed by atoms with Crippen LogP contribution in [0.3, 0.4) is 0 Å². The van der Waals surface area contributed by atoms with Gasteiger partial charge in [-0.25, -0.2) is 4.39 Å². The fraction of sp³-hybridized carbons (Fsp3) is 0.375. The quantitative estimate of drug-likeness (QED) is 0.706. The molecule has 0 N–H and O–H groups in total. The molecule has 0 aliphatic rings. The lowest BCUT2D eigenvalue weighted by Crippen LogP contribution is -2.08. The van der Waals surface area contributed by atoms with Crippen molar-refractivity contribution in [3.8, 4) is 6.07 Å². The molecule has 0 saturated heterocycles. The highest BCUT2D eigenvalue weighted by atomic mass is 79.9. The number of carbonyl (C=O) groups excluding carboxylic acids is 1. The molecule has 1 aromatic carbocycles. The van der Waals surface area contributed by atoms with E-state index in [1.807, 2.05) is 16.8 Å². The SMILES string of the molecule is CCCC(CCC=O)n1cc(Br)c2cc(C#N)c(F)cc21. The van der Waals surface area contributed by atoms with Crippen LogP contribution in [0.4, 0.5) is 4.39 Å². The van der Waals surface area contributed by atoms with Crippen LogP contribution >= 0.6 is 15.9 Å². The molecule has 0 amide bonds. The zero-order valence-corrected chi connectivity index (χ0v) is 13.4. The summed E-state index contributed by atoms with van der Waals surface area (Å²) >= 11 is 3.47. The summed E-state index contributed by atoms with van der Waals surface area (Å²) < 4.78 is 16.7. The normalized spacial score (nSPS) is 12.3. The number of benzene rings is 1. The van der Waals surface area contributed by atoms with E-state index < -0.39 is 5.82 Å². The first-order valence-electron chi connectivity index (χ1n) is 6.95. The van der Waals surface area contributed by atoms with Crippen molar-refractivity contribution >= 4 is 33.1 Å². The minimum absolute atomic E-state index is 0.0425. The number of nitriles is 1. The van der Waals surface area contributed by atoms with Crippen LogP contribution in [0.1, 0.15) is 44.2 Å². The number of hydrogen-bond acceptors (Lipinski definition) is 2. The Morgan fingerprint density at radius 3 is 2.86 bits per heavy atom. The molecule has 2 aromatic rings. The summed E-state index contributed by atoms with van der Waals surface area (Å²) in [6.45, 7) is 2.09. The van der Waals surface area contributed by atoms with Gasteiger partial charge in [-0.1, -0.05) is 13.3 Å². The minimum atomic E-state index is -0.512. The molecule has 0 aliphatic heterocycles. The largest absolute Gasteiger partial charge is 0.343 e. The molecule has 1 heterocycles. The van der Waals surface area contributed by atoms with Crippen LogP contribution in [-0.4, -0.2) is 10.9 Å². The maximum absolute atomic E-state index is 13.9. The van der Waals surface area contributed by atoms with Crippen LogP contribution in [-0.2, 0) is 4.79 Å². The number of nitrogens with zero attached hydrogens (tertiary/aromatic N) is 2. The molecule has 0 spiro atoms.